The SMILES string of the molecule is C=CC(=O)Nc1cc(Nc2nccc(Nc3cc(Cl)c(F)cc3C(C)(C)O)n2)c(OC)cc1N1CC[C@@H](N(C)C)C1.O=S(=O)(O)O. The van der Waals surface area contributed by atoms with Crippen LogP contribution < -0.4 is 25.6 Å². The van der Waals surface area contributed by atoms with Crippen LogP contribution in [-0.4, -0.2) is 83.7 Å². The van der Waals surface area contributed by atoms with Crippen LogP contribution in [0, 0.1) is 5.82 Å². The van der Waals surface area contributed by atoms with Gasteiger partial charge in [-0.15, -0.1) is 0 Å². The molecule has 1 atom stereocenters. The van der Waals surface area contributed by atoms with Gasteiger partial charge in [0.25, 0.3) is 0 Å². The molecule has 1 aliphatic rings. The second-order valence-corrected chi connectivity index (χ2v) is 12.3. The van der Waals surface area contributed by atoms with E-state index < -0.39 is 21.8 Å². The number of halogens is 2. The van der Waals surface area contributed by atoms with Crippen LogP contribution in [0.4, 0.5) is 38.9 Å². The van der Waals surface area contributed by atoms with Gasteiger partial charge in [0.2, 0.25) is 11.9 Å². The molecule has 14 nitrogen and oxygen atoms in total. The molecule has 1 amide bonds. The summed E-state index contributed by atoms with van der Waals surface area (Å²) in [6, 6.07) is 8.25. The van der Waals surface area contributed by atoms with Crippen LogP contribution in [0.25, 0.3) is 0 Å². The molecule has 2 heterocycles. The largest absolute Gasteiger partial charge is 0.494 e. The Labute approximate surface area is 271 Å². The number of benzene rings is 2. The van der Waals surface area contributed by atoms with E-state index >= 15 is 0 Å². The molecular weight excluding hydrogens is 645 g/mol. The maximum absolute atomic E-state index is 14.2. The first-order chi connectivity index (χ1) is 21.4. The van der Waals surface area contributed by atoms with Crippen LogP contribution in [0.2, 0.25) is 5.02 Å². The van der Waals surface area contributed by atoms with E-state index in [9.17, 15) is 14.3 Å². The van der Waals surface area contributed by atoms with Gasteiger partial charge in [0.15, 0.2) is 0 Å². The van der Waals surface area contributed by atoms with Crippen molar-refractivity contribution in [1.29, 1.82) is 0 Å². The highest BCUT2D eigenvalue weighted by Gasteiger charge is 2.27. The first-order valence-electron chi connectivity index (χ1n) is 13.7. The summed E-state index contributed by atoms with van der Waals surface area (Å²) in [4.78, 5) is 25.6. The molecule has 1 aromatic heterocycles. The molecule has 1 fully saturated rings. The Morgan fingerprint density at radius 2 is 1.87 bits per heavy atom. The number of aliphatic hydroxyl groups is 1. The molecule has 17 heteroatoms. The zero-order chi connectivity index (χ0) is 34.4. The minimum atomic E-state index is -4.67. The number of anilines is 6. The Balaban J connectivity index is 0.00000107. The Bertz CT molecular complexity index is 1680. The van der Waals surface area contributed by atoms with Crippen molar-refractivity contribution < 1.29 is 36.6 Å². The van der Waals surface area contributed by atoms with E-state index in [-0.39, 0.29) is 16.9 Å². The average molecular weight is 682 g/mol. The molecule has 0 radical (unpaired) electrons. The Kier molecular flexibility index (Phi) is 11.9. The predicted molar refractivity (Wildman–Crippen MR) is 176 cm³/mol. The summed E-state index contributed by atoms with van der Waals surface area (Å²) in [6.07, 6.45) is 3.75. The Morgan fingerprint density at radius 3 is 2.43 bits per heavy atom. The van der Waals surface area contributed by atoms with E-state index in [4.69, 9.17) is 33.9 Å². The smallest absolute Gasteiger partial charge is 0.394 e. The van der Waals surface area contributed by atoms with Gasteiger partial charge in [-0.25, -0.2) is 9.37 Å². The molecule has 3 aromatic rings. The van der Waals surface area contributed by atoms with E-state index in [0.29, 0.717) is 40.2 Å². The van der Waals surface area contributed by atoms with E-state index in [0.717, 1.165) is 25.2 Å². The van der Waals surface area contributed by atoms with Gasteiger partial charge in [-0.3, -0.25) is 13.9 Å². The third-order valence-electron chi connectivity index (χ3n) is 6.88. The number of hydrogen-bond acceptors (Lipinski definition) is 11. The van der Waals surface area contributed by atoms with Crippen LogP contribution in [0.5, 0.6) is 5.75 Å². The van der Waals surface area contributed by atoms with Crippen molar-refractivity contribution in [3.05, 3.63) is 65.6 Å². The number of methoxy groups -OCH3 is 1. The van der Waals surface area contributed by atoms with Crippen molar-refractivity contribution in [3.63, 3.8) is 0 Å². The summed E-state index contributed by atoms with van der Waals surface area (Å²) >= 11 is 6.02. The molecule has 2 aromatic carbocycles. The standard InChI is InChI=1S/C29H35ClFN7O3.H2O4S/c1-7-27(39)34-22-14-23(25(41-6)15-24(22)38-11-9-17(16-38)37(4)5)35-28-32-10-8-26(36-28)33-21-13-19(30)20(31)12-18(21)29(2,3)40;1-5(2,3)4/h7-8,10,12-15,17,40H,1,9,11,16H2,2-6H3,(H,34,39)(H2,32,33,35,36);(H2,1,2,3,4)/t17-;/m1./s1. The lowest BCUT2D eigenvalue weighted by Gasteiger charge is -2.25. The summed E-state index contributed by atoms with van der Waals surface area (Å²) in [5.74, 6) is 0.155. The second-order valence-electron chi connectivity index (χ2n) is 10.9. The lowest BCUT2D eigenvalue weighted by atomic mass is 9.96. The maximum atomic E-state index is 14.2. The third-order valence-corrected chi connectivity index (χ3v) is 7.17. The van der Waals surface area contributed by atoms with Crippen molar-refractivity contribution in [1.82, 2.24) is 14.9 Å². The maximum Gasteiger partial charge on any atom is 0.394 e. The summed E-state index contributed by atoms with van der Waals surface area (Å²) < 4.78 is 51.5. The van der Waals surface area contributed by atoms with Crippen molar-refractivity contribution in [2.24, 2.45) is 0 Å². The van der Waals surface area contributed by atoms with Crippen LogP contribution in [0.1, 0.15) is 25.8 Å². The molecule has 0 saturated carbocycles. The van der Waals surface area contributed by atoms with Crippen LogP contribution in [0.3, 0.4) is 0 Å². The van der Waals surface area contributed by atoms with Gasteiger partial charge < -0.3 is 35.6 Å². The van der Waals surface area contributed by atoms with Gasteiger partial charge in [0.1, 0.15) is 17.4 Å². The normalized spacial score (nSPS) is 14.8. The van der Waals surface area contributed by atoms with Gasteiger partial charge in [-0.05, 0) is 64.7 Å². The van der Waals surface area contributed by atoms with Crippen LogP contribution >= 0.6 is 11.6 Å². The number of amides is 1. The monoisotopic (exact) mass is 681 g/mol. The van der Waals surface area contributed by atoms with Crippen LogP contribution in [-0.2, 0) is 20.8 Å². The molecule has 0 aliphatic carbocycles. The van der Waals surface area contributed by atoms with Gasteiger partial charge in [-0.1, -0.05) is 18.2 Å². The van der Waals surface area contributed by atoms with Crippen LogP contribution in [0.15, 0.2) is 49.2 Å². The fourth-order valence-corrected chi connectivity index (χ4v) is 4.83. The number of carbonyl (C=O) groups is 1. The van der Waals surface area contributed by atoms with E-state index in [1.54, 1.807) is 39.3 Å². The van der Waals surface area contributed by atoms with Crippen molar-refractivity contribution in [2.75, 3.05) is 55.1 Å². The molecule has 46 heavy (non-hydrogen) atoms. The van der Waals surface area contributed by atoms with E-state index in [1.807, 2.05) is 6.07 Å². The fraction of sp³-hybridized carbons (Fsp3) is 0.345. The molecule has 1 saturated heterocycles. The number of nitrogens with zero attached hydrogens (tertiary/aromatic N) is 4. The lowest BCUT2D eigenvalue weighted by Crippen LogP contribution is -2.31. The second kappa shape index (κ2) is 15.0. The minimum Gasteiger partial charge on any atom is -0.494 e. The summed E-state index contributed by atoms with van der Waals surface area (Å²) in [5.41, 5.74) is 1.30. The number of rotatable bonds is 10. The fourth-order valence-electron chi connectivity index (χ4n) is 4.67. The van der Waals surface area contributed by atoms with Gasteiger partial charge in [-0.2, -0.15) is 13.4 Å². The molecule has 6 N–H and O–H groups in total. The number of likely N-dealkylation sites (N-methyl/N-ethyl adjacent to an activating group) is 1. The highest BCUT2D eigenvalue weighted by atomic mass is 35.5. The van der Waals surface area contributed by atoms with E-state index in [1.165, 1.54) is 18.2 Å². The molecule has 1 aliphatic heterocycles. The average Bonchev–Trinajstić information content (AvgIpc) is 3.44. The minimum absolute atomic E-state index is 0.0956. The summed E-state index contributed by atoms with van der Waals surface area (Å²) in [7, 11) is 1.01. The number of nitrogens with one attached hydrogen (secondary N) is 3. The van der Waals surface area contributed by atoms with Gasteiger partial charge in [0.05, 0.1) is 34.8 Å². The van der Waals surface area contributed by atoms with Gasteiger partial charge in [0, 0.05) is 42.6 Å². The topological polar surface area (TPSA) is 189 Å². The Morgan fingerprint density at radius 1 is 1.20 bits per heavy atom. The number of carbonyl (C=O) groups excluding carboxylic acids is 1. The molecule has 0 bridgehead atoms. The van der Waals surface area contributed by atoms with E-state index in [2.05, 4.69) is 56.4 Å². The molecule has 250 valence electrons. The lowest BCUT2D eigenvalue weighted by molar-refractivity contribution is -0.111. The molecule has 0 unspecified atom stereocenters. The number of hydrogen-bond donors (Lipinski definition) is 6. The number of aromatic nitrogens is 2. The Hall–Kier alpha value is -4.06. The van der Waals surface area contributed by atoms with Crippen molar-refractivity contribution >= 4 is 62.4 Å². The first-order valence-corrected chi connectivity index (χ1v) is 15.5. The van der Waals surface area contributed by atoms with Crippen molar-refractivity contribution in [2.45, 2.75) is 31.9 Å². The number of ether oxygens (including phenoxy) is 1. The quantitative estimate of drug-likeness (QED) is 0.129. The zero-order valence-electron chi connectivity index (χ0n) is 25.9. The first kappa shape index (κ1) is 36.4. The third kappa shape index (κ3) is 10.2. The summed E-state index contributed by atoms with van der Waals surface area (Å²) in [5, 5.41) is 19.6. The summed E-state index contributed by atoms with van der Waals surface area (Å²) in [6.45, 7) is 8.30. The molecule has 4 rings (SSSR count). The highest BCUT2D eigenvalue weighted by Crippen LogP contribution is 2.40. The zero-order valence-corrected chi connectivity index (χ0v) is 27.4. The van der Waals surface area contributed by atoms with Gasteiger partial charge >= 0.3 is 10.4 Å². The highest BCUT2D eigenvalue weighted by molar-refractivity contribution is 7.79. The molecular formula is C29H37ClFN7O7S. The predicted octanol–water partition coefficient (Wildman–Crippen LogP) is 4.60. The van der Waals surface area contributed by atoms with Crippen molar-refractivity contribution in [3.8, 4) is 5.75 Å². The molecule has 0 spiro atoms.